The Hall–Kier alpha value is -2.51. The van der Waals surface area contributed by atoms with Crippen LogP contribution >= 0.6 is 11.8 Å². The monoisotopic (exact) mass is 383 g/mol. The lowest BCUT2D eigenvalue weighted by Gasteiger charge is -2.33. The highest BCUT2D eigenvalue weighted by molar-refractivity contribution is 8.01. The van der Waals surface area contributed by atoms with Crippen LogP contribution in [0.15, 0.2) is 54.6 Å². The van der Waals surface area contributed by atoms with Crippen LogP contribution in [0, 0.1) is 0 Å². The lowest BCUT2D eigenvalue weighted by Crippen LogP contribution is -2.52. The number of benzene rings is 2. The average molecular weight is 383 g/mol. The van der Waals surface area contributed by atoms with Gasteiger partial charge in [0, 0.05) is 37.2 Å². The molecule has 0 aliphatic carbocycles. The van der Waals surface area contributed by atoms with Crippen LogP contribution in [0.2, 0.25) is 0 Å². The molecule has 2 aromatic carbocycles. The molecule has 3 amide bonds. The van der Waals surface area contributed by atoms with Crippen LogP contribution in [0.5, 0.6) is 0 Å². The second-order valence-corrected chi connectivity index (χ2v) is 7.69. The van der Waals surface area contributed by atoms with E-state index in [9.17, 15) is 9.59 Å². The lowest BCUT2D eigenvalue weighted by atomic mass is 10.1. The number of nitrogens with zero attached hydrogens (tertiary/aromatic N) is 2. The Bertz CT molecular complexity index is 861. The number of amides is 3. The number of carbonyl (C=O) groups is 2. The van der Waals surface area contributed by atoms with Gasteiger partial charge in [0.2, 0.25) is 0 Å². The molecule has 2 heterocycles. The maximum Gasteiger partial charge on any atom is 0.323 e. The van der Waals surface area contributed by atoms with Crippen LogP contribution in [-0.2, 0) is 14.4 Å². The first-order chi connectivity index (χ1) is 13.2. The average Bonchev–Trinajstić information content (AvgIpc) is 3.24. The highest BCUT2D eigenvalue weighted by Gasteiger charge is 2.59. The minimum Gasteiger partial charge on any atom is -0.383 e. The van der Waals surface area contributed by atoms with Crippen molar-refractivity contribution in [3.8, 4) is 0 Å². The molecule has 1 saturated heterocycles. The summed E-state index contributed by atoms with van der Waals surface area (Å²) in [5, 5.41) is 2.92. The van der Waals surface area contributed by atoms with Crippen molar-refractivity contribution in [1.29, 1.82) is 0 Å². The Balaban J connectivity index is 1.70. The first-order valence-corrected chi connectivity index (χ1v) is 9.85. The van der Waals surface area contributed by atoms with Crippen molar-refractivity contribution in [2.24, 2.45) is 0 Å². The molecule has 140 valence electrons. The number of methoxy groups -OCH3 is 1. The van der Waals surface area contributed by atoms with Gasteiger partial charge in [-0.05, 0) is 18.2 Å². The molecule has 7 heteroatoms. The predicted octanol–water partition coefficient (Wildman–Crippen LogP) is 3.11. The van der Waals surface area contributed by atoms with Gasteiger partial charge in [0.1, 0.15) is 0 Å². The molecule has 2 aliphatic heterocycles. The molecule has 0 saturated carbocycles. The summed E-state index contributed by atoms with van der Waals surface area (Å²) in [5.74, 6) is 0.631. The molecular formula is C20H21N3O3S. The van der Waals surface area contributed by atoms with Crippen molar-refractivity contribution in [3.63, 3.8) is 0 Å². The van der Waals surface area contributed by atoms with Gasteiger partial charge >= 0.3 is 6.03 Å². The Kier molecular flexibility index (Phi) is 4.80. The van der Waals surface area contributed by atoms with Crippen molar-refractivity contribution in [2.75, 3.05) is 42.8 Å². The van der Waals surface area contributed by atoms with Crippen molar-refractivity contribution >= 4 is 35.1 Å². The molecule has 2 aromatic rings. The van der Waals surface area contributed by atoms with Gasteiger partial charge in [-0.15, -0.1) is 11.8 Å². The predicted molar refractivity (Wildman–Crippen MR) is 107 cm³/mol. The summed E-state index contributed by atoms with van der Waals surface area (Å²) in [6.45, 7) is 1.42. The Morgan fingerprint density at radius 1 is 1.19 bits per heavy atom. The molecule has 0 unspecified atom stereocenters. The molecule has 1 N–H and O–H groups in total. The summed E-state index contributed by atoms with van der Waals surface area (Å²) in [5.41, 5.74) is 2.44. The largest absolute Gasteiger partial charge is 0.383 e. The smallest absolute Gasteiger partial charge is 0.323 e. The van der Waals surface area contributed by atoms with Gasteiger partial charge in [-0.1, -0.05) is 36.4 Å². The number of para-hydroxylation sites is 2. The van der Waals surface area contributed by atoms with Gasteiger partial charge in [-0.25, -0.2) is 4.79 Å². The Morgan fingerprint density at radius 2 is 1.93 bits per heavy atom. The Labute approximate surface area is 162 Å². The van der Waals surface area contributed by atoms with Crippen LogP contribution in [0.3, 0.4) is 0 Å². The van der Waals surface area contributed by atoms with E-state index in [1.54, 1.807) is 16.9 Å². The minimum absolute atomic E-state index is 0.0774. The second-order valence-electron chi connectivity index (χ2n) is 6.41. The van der Waals surface area contributed by atoms with Gasteiger partial charge in [-0.3, -0.25) is 9.69 Å². The fraction of sp³-hybridized carbons (Fsp3) is 0.300. The molecule has 4 rings (SSSR count). The van der Waals surface area contributed by atoms with Crippen LogP contribution in [-0.4, -0.2) is 49.4 Å². The van der Waals surface area contributed by atoms with E-state index in [0.717, 1.165) is 11.3 Å². The quantitative estimate of drug-likeness (QED) is 0.881. The topological polar surface area (TPSA) is 61.9 Å². The summed E-state index contributed by atoms with van der Waals surface area (Å²) in [7, 11) is 1.62. The van der Waals surface area contributed by atoms with Crippen molar-refractivity contribution in [3.05, 3.63) is 60.2 Å². The van der Waals surface area contributed by atoms with E-state index in [1.807, 2.05) is 54.6 Å². The highest BCUT2D eigenvalue weighted by atomic mass is 32.2. The van der Waals surface area contributed by atoms with E-state index in [4.69, 9.17) is 4.74 Å². The zero-order chi connectivity index (χ0) is 18.9. The van der Waals surface area contributed by atoms with Crippen molar-refractivity contribution in [1.82, 2.24) is 4.90 Å². The number of fused-ring (bicyclic) bond motifs is 2. The molecule has 0 aromatic heterocycles. The van der Waals surface area contributed by atoms with Crippen LogP contribution in [0.1, 0.15) is 5.56 Å². The fourth-order valence-corrected chi connectivity index (χ4v) is 5.15. The standard InChI is InChI=1S/C20H21N3O3S/c1-26-13-11-22-17-10-6-5-9-16(17)20(18(22)24)23(12-14-27-20)19(25)21-15-7-3-2-4-8-15/h2-10H,11-14H2,1H3,(H,21,25)/t20-/m0/s1. The number of rotatable bonds is 4. The van der Waals surface area contributed by atoms with Crippen molar-refractivity contribution < 1.29 is 14.3 Å². The summed E-state index contributed by atoms with van der Waals surface area (Å²) in [6, 6.07) is 16.8. The van der Waals surface area contributed by atoms with E-state index in [0.29, 0.717) is 31.1 Å². The van der Waals surface area contributed by atoms with E-state index in [2.05, 4.69) is 5.32 Å². The summed E-state index contributed by atoms with van der Waals surface area (Å²) in [6.07, 6.45) is 0. The number of carbonyl (C=O) groups excluding carboxylic acids is 2. The maximum absolute atomic E-state index is 13.5. The zero-order valence-electron chi connectivity index (χ0n) is 15.1. The molecule has 2 aliphatic rings. The minimum atomic E-state index is -1.01. The van der Waals surface area contributed by atoms with Crippen LogP contribution < -0.4 is 10.2 Å². The Morgan fingerprint density at radius 3 is 2.70 bits per heavy atom. The van der Waals surface area contributed by atoms with Gasteiger partial charge in [0.15, 0.2) is 4.87 Å². The second kappa shape index (κ2) is 7.25. The van der Waals surface area contributed by atoms with Crippen LogP contribution in [0.4, 0.5) is 16.2 Å². The number of thioether (sulfide) groups is 1. The summed E-state index contributed by atoms with van der Waals surface area (Å²) < 4.78 is 5.18. The fourth-order valence-electron chi connectivity index (χ4n) is 3.68. The number of nitrogens with one attached hydrogen (secondary N) is 1. The molecule has 27 heavy (non-hydrogen) atoms. The first-order valence-electron chi connectivity index (χ1n) is 8.86. The normalized spacial score (nSPS) is 21.0. The number of hydrogen-bond donors (Lipinski definition) is 1. The van der Waals surface area contributed by atoms with Gasteiger partial charge in [0.05, 0.1) is 12.3 Å². The maximum atomic E-state index is 13.5. The molecule has 0 radical (unpaired) electrons. The SMILES string of the molecule is COCCN1C(=O)[C@@]2(SCCN2C(=O)Nc2ccccc2)c2ccccc21. The van der Waals surface area contributed by atoms with Gasteiger partial charge < -0.3 is 15.0 Å². The van der Waals surface area contributed by atoms with E-state index >= 15 is 0 Å². The molecule has 1 fully saturated rings. The van der Waals surface area contributed by atoms with E-state index in [-0.39, 0.29) is 11.9 Å². The lowest BCUT2D eigenvalue weighted by molar-refractivity contribution is -0.123. The number of ether oxygens (including phenoxy) is 1. The summed E-state index contributed by atoms with van der Waals surface area (Å²) >= 11 is 1.52. The molecule has 0 bridgehead atoms. The molecular weight excluding hydrogens is 362 g/mol. The van der Waals surface area contributed by atoms with E-state index in [1.165, 1.54) is 11.8 Å². The third-order valence-corrected chi connectivity index (χ3v) is 6.31. The third kappa shape index (κ3) is 2.87. The van der Waals surface area contributed by atoms with E-state index < -0.39 is 4.87 Å². The molecule has 1 spiro atoms. The summed E-state index contributed by atoms with van der Waals surface area (Å²) in [4.78, 5) is 28.9. The zero-order valence-corrected chi connectivity index (χ0v) is 15.9. The van der Waals surface area contributed by atoms with Gasteiger partial charge in [-0.2, -0.15) is 0 Å². The highest BCUT2D eigenvalue weighted by Crippen LogP contribution is 2.53. The number of anilines is 2. The first kappa shape index (κ1) is 17.9. The van der Waals surface area contributed by atoms with Gasteiger partial charge in [0.25, 0.3) is 5.91 Å². The molecule has 1 atom stereocenters. The van der Waals surface area contributed by atoms with Crippen molar-refractivity contribution in [2.45, 2.75) is 4.87 Å². The number of hydrogen-bond acceptors (Lipinski definition) is 4. The third-order valence-electron chi connectivity index (χ3n) is 4.89. The van der Waals surface area contributed by atoms with Crippen LogP contribution in [0.25, 0.3) is 0 Å². The molecule has 6 nitrogen and oxygen atoms in total. The number of urea groups is 1.